The lowest BCUT2D eigenvalue weighted by Crippen LogP contribution is -2.75. The maximum atomic E-state index is 14.9. The summed E-state index contributed by atoms with van der Waals surface area (Å²) < 4.78 is 19.0. The zero-order valence-corrected chi connectivity index (χ0v) is 24.0. The molecule has 0 aromatic carbocycles. The summed E-state index contributed by atoms with van der Waals surface area (Å²) >= 11 is 3.21. The van der Waals surface area contributed by atoms with Crippen molar-refractivity contribution in [2.45, 2.75) is 85.2 Å². The number of carbonyl (C=O) groups excluding carboxylic acids is 1. The van der Waals surface area contributed by atoms with E-state index >= 15 is 0 Å². The van der Waals surface area contributed by atoms with Crippen LogP contribution in [0.4, 0.5) is 0 Å². The molecule has 194 valence electrons. The number of thioether (sulfide) groups is 2. The summed E-state index contributed by atoms with van der Waals surface area (Å²) in [6.07, 6.45) is 4.49. The summed E-state index contributed by atoms with van der Waals surface area (Å²) in [6.45, 7) is 15.7. The van der Waals surface area contributed by atoms with E-state index in [4.69, 9.17) is 14.2 Å². The molecule has 2 bridgehead atoms. The molecule has 1 heterocycles. The first-order chi connectivity index (χ1) is 15.8. The van der Waals surface area contributed by atoms with E-state index in [1.807, 2.05) is 12.5 Å². The largest absolute Gasteiger partial charge is 0.389 e. The van der Waals surface area contributed by atoms with Crippen molar-refractivity contribution >= 4 is 29.3 Å². The summed E-state index contributed by atoms with van der Waals surface area (Å²) in [5.41, 5.74) is -0.358. The molecule has 4 rings (SSSR count). The quantitative estimate of drug-likeness (QED) is 0.389. The summed E-state index contributed by atoms with van der Waals surface area (Å²) in [7, 11) is 0. The predicted octanol–water partition coefficient (Wildman–Crippen LogP) is 5.16. The minimum atomic E-state index is -0.973. The molecule has 4 aliphatic rings. The second kappa shape index (κ2) is 9.05. The third-order valence-electron chi connectivity index (χ3n) is 10.3. The number of hydrogen-bond donors (Lipinski definition) is 1. The standard InChI is InChI=1S/C27H44O5S2/c1-15-11-27(29)17(3)22-25(6)12-30-18(25)10-19(31-13-33-8)26(22,7)23(28)21(32-14-34-9)20(16(15)2)24(27,4)5/h15,17-19,21-22,29H,10-14H2,1-9H3/t15-,17-,18+,19-,21+,22+,25+,26+,27+/m0/s1. The van der Waals surface area contributed by atoms with Gasteiger partial charge in [0.05, 0.1) is 41.7 Å². The van der Waals surface area contributed by atoms with Gasteiger partial charge in [0, 0.05) is 17.3 Å². The van der Waals surface area contributed by atoms with Crippen molar-refractivity contribution in [1.82, 2.24) is 0 Å². The minimum absolute atomic E-state index is 0.0437. The first-order valence-electron chi connectivity index (χ1n) is 12.6. The number of rotatable bonds is 6. The van der Waals surface area contributed by atoms with Crippen LogP contribution in [0.25, 0.3) is 0 Å². The van der Waals surface area contributed by atoms with Crippen molar-refractivity contribution in [3.63, 3.8) is 0 Å². The average molecular weight is 513 g/mol. The zero-order chi connectivity index (χ0) is 25.3. The molecule has 0 aromatic heterocycles. The molecule has 2 saturated carbocycles. The lowest BCUT2D eigenvalue weighted by molar-refractivity contribution is -0.305. The van der Waals surface area contributed by atoms with Crippen LogP contribution in [0, 0.1) is 34.0 Å². The molecule has 1 N–H and O–H groups in total. The smallest absolute Gasteiger partial charge is 0.174 e. The maximum Gasteiger partial charge on any atom is 0.174 e. The van der Waals surface area contributed by atoms with Crippen LogP contribution in [0.2, 0.25) is 0 Å². The molecule has 7 heteroatoms. The Balaban J connectivity index is 1.99. The summed E-state index contributed by atoms with van der Waals surface area (Å²) in [4.78, 5) is 14.9. The van der Waals surface area contributed by atoms with Crippen LogP contribution in [-0.2, 0) is 19.0 Å². The topological polar surface area (TPSA) is 65.0 Å². The molecule has 1 aliphatic heterocycles. The van der Waals surface area contributed by atoms with Crippen LogP contribution in [0.5, 0.6) is 0 Å². The molecule has 9 atom stereocenters. The van der Waals surface area contributed by atoms with Gasteiger partial charge >= 0.3 is 0 Å². The number of aliphatic hydroxyl groups is 1. The Labute approximate surface area is 214 Å². The van der Waals surface area contributed by atoms with Crippen molar-refractivity contribution < 1.29 is 24.1 Å². The van der Waals surface area contributed by atoms with E-state index < -0.39 is 22.5 Å². The van der Waals surface area contributed by atoms with Gasteiger partial charge in [-0.15, -0.1) is 23.5 Å². The van der Waals surface area contributed by atoms with E-state index in [0.717, 1.165) is 5.57 Å². The first kappa shape index (κ1) is 27.0. The number of carbonyl (C=O) groups is 1. The molecule has 34 heavy (non-hydrogen) atoms. The first-order valence-corrected chi connectivity index (χ1v) is 15.4. The van der Waals surface area contributed by atoms with Gasteiger partial charge in [-0.25, -0.2) is 0 Å². The Hall–Kier alpha value is -0.0500. The number of fused-ring (bicyclic) bond motifs is 5. The van der Waals surface area contributed by atoms with Crippen LogP contribution in [-0.4, -0.2) is 65.8 Å². The summed E-state index contributed by atoms with van der Waals surface area (Å²) in [5.74, 6) is 1.08. The SMILES string of the molecule is CSCO[C@H]1C(=O)[C@]2(C)[C@@H](OCSC)C[C@H]3OC[C@@]3(C)[C@H]2[C@H](C)[C@]2(O)C[C@H](C)C(C)=C1C2(C)C. The molecule has 3 fully saturated rings. The van der Waals surface area contributed by atoms with Gasteiger partial charge < -0.3 is 19.3 Å². The fourth-order valence-corrected chi connectivity index (χ4v) is 8.92. The molecule has 0 unspecified atom stereocenters. The third kappa shape index (κ3) is 3.47. The van der Waals surface area contributed by atoms with E-state index in [1.165, 1.54) is 5.57 Å². The Kier molecular flexibility index (Phi) is 7.19. The Bertz CT molecular complexity index is 858. The highest BCUT2D eigenvalue weighted by Crippen LogP contribution is 2.67. The van der Waals surface area contributed by atoms with E-state index in [-0.39, 0.29) is 41.2 Å². The van der Waals surface area contributed by atoms with E-state index in [2.05, 4.69) is 48.5 Å². The highest BCUT2D eigenvalue weighted by molar-refractivity contribution is 7.98. The number of ketones is 1. The zero-order valence-electron chi connectivity index (χ0n) is 22.4. The Morgan fingerprint density at radius 1 is 1.09 bits per heavy atom. The molecule has 0 amide bonds. The Morgan fingerprint density at radius 2 is 1.71 bits per heavy atom. The van der Waals surface area contributed by atoms with Crippen molar-refractivity contribution in [3.05, 3.63) is 11.1 Å². The number of hydrogen-bond acceptors (Lipinski definition) is 7. The molecular weight excluding hydrogens is 468 g/mol. The maximum absolute atomic E-state index is 14.9. The van der Waals surface area contributed by atoms with Crippen molar-refractivity contribution in [1.29, 1.82) is 0 Å². The van der Waals surface area contributed by atoms with Gasteiger partial charge in [-0.1, -0.05) is 40.2 Å². The van der Waals surface area contributed by atoms with E-state index in [9.17, 15) is 9.90 Å². The van der Waals surface area contributed by atoms with Gasteiger partial charge in [-0.2, -0.15) is 0 Å². The van der Waals surface area contributed by atoms with Crippen LogP contribution >= 0.6 is 23.5 Å². The van der Waals surface area contributed by atoms with Crippen LogP contribution in [0.1, 0.15) is 61.3 Å². The number of ether oxygens (including phenoxy) is 3. The van der Waals surface area contributed by atoms with Crippen LogP contribution in [0.3, 0.4) is 0 Å². The number of Topliss-reactive ketones (excluding diaryl/α,β-unsaturated/α-hetero) is 1. The lowest BCUT2D eigenvalue weighted by Gasteiger charge is -2.69. The monoisotopic (exact) mass is 512 g/mol. The average Bonchev–Trinajstić information content (AvgIpc) is 2.77. The minimum Gasteiger partial charge on any atom is -0.389 e. The van der Waals surface area contributed by atoms with Crippen LogP contribution in [0.15, 0.2) is 11.1 Å². The molecular formula is C27H44O5S2. The van der Waals surface area contributed by atoms with E-state index in [1.54, 1.807) is 23.5 Å². The summed E-state index contributed by atoms with van der Waals surface area (Å²) in [5, 5.41) is 12.7. The normalized spacial score (nSPS) is 47.9. The van der Waals surface area contributed by atoms with Crippen molar-refractivity contribution in [2.75, 3.05) is 31.0 Å². The van der Waals surface area contributed by atoms with Gasteiger partial charge in [0.1, 0.15) is 6.10 Å². The predicted molar refractivity (Wildman–Crippen MR) is 140 cm³/mol. The third-order valence-corrected chi connectivity index (χ3v) is 11.1. The van der Waals surface area contributed by atoms with Gasteiger partial charge in [0.15, 0.2) is 5.78 Å². The van der Waals surface area contributed by atoms with Gasteiger partial charge in [0.2, 0.25) is 0 Å². The Morgan fingerprint density at radius 3 is 2.26 bits per heavy atom. The second-order valence-electron chi connectivity index (χ2n) is 12.2. The van der Waals surface area contributed by atoms with Crippen molar-refractivity contribution in [3.8, 4) is 0 Å². The number of allylic oxidation sites excluding steroid dienone is 1. The fourth-order valence-electron chi connectivity index (χ4n) is 8.35. The van der Waals surface area contributed by atoms with Crippen LogP contribution < -0.4 is 0 Å². The van der Waals surface area contributed by atoms with Gasteiger partial charge in [0.25, 0.3) is 0 Å². The highest BCUT2D eigenvalue weighted by Gasteiger charge is 2.73. The van der Waals surface area contributed by atoms with E-state index in [0.29, 0.717) is 31.3 Å². The fraction of sp³-hybridized carbons (Fsp3) is 0.889. The molecule has 0 radical (unpaired) electrons. The molecule has 5 nitrogen and oxygen atoms in total. The van der Waals surface area contributed by atoms with Gasteiger partial charge in [-0.05, 0) is 56.1 Å². The molecule has 3 aliphatic carbocycles. The highest BCUT2D eigenvalue weighted by atomic mass is 32.2. The lowest BCUT2D eigenvalue weighted by atomic mass is 9.40. The second-order valence-corrected chi connectivity index (χ2v) is 13.8. The molecule has 1 saturated heterocycles. The summed E-state index contributed by atoms with van der Waals surface area (Å²) in [6, 6.07) is 0. The van der Waals surface area contributed by atoms with Gasteiger partial charge in [-0.3, -0.25) is 4.79 Å². The molecule has 0 aromatic rings. The molecule has 0 spiro atoms. The van der Waals surface area contributed by atoms with Crippen molar-refractivity contribution in [2.24, 2.45) is 34.0 Å².